The van der Waals surface area contributed by atoms with Crippen LogP contribution in [0.4, 0.5) is 4.79 Å². The highest BCUT2D eigenvalue weighted by atomic mass is 32.1. The van der Waals surface area contributed by atoms with Gasteiger partial charge >= 0.3 is 6.09 Å². The molecule has 3 fully saturated rings. The maximum Gasteiger partial charge on any atom is 0.410 e. The first-order valence-corrected chi connectivity index (χ1v) is 17.3. The van der Waals surface area contributed by atoms with Crippen molar-refractivity contribution in [3.63, 3.8) is 0 Å². The summed E-state index contributed by atoms with van der Waals surface area (Å²) >= 11 is 1.70. The Hall–Kier alpha value is -3.75. The van der Waals surface area contributed by atoms with E-state index in [0.29, 0.717) is 19.3 Å². The van der Waals surface area contributed by atoms with Crippen LogP contribution in [0.2, 0.25) is 0 Å². The molecule has 3 aromatic carbocycles. The van der Waals surface area contributed by atoms with Crippen molar-refractivity contribution in [3.05, 3.63) is 77.9 Å². The molecule has 7 rings (SSSR count). The second-order valence-corrected chi connectivity index (χ2v) is 13.4. The van der Waals surface area contributed by atoms with E-state index in [0.717, 1.165) is 46.5 Å². The largest absolute Gasteiger partial charge is 0.508 e. The molecule has 8 heteroatoms. The average molecular weight is 629 g/mol. The Morgan fingerprint density at radius 1 is 0.822 bits per heavy atom. The van der Waals surface area contributed by atoms with Crippen molar-refractivity contribution in [2.75, 3.05) is 39.4 Å². The Morgan fingerprint density at radius 2 is 1.53 bits per heavy atom. The van der Waals surface area contributed by atoms with E-state index in [4.69, 9.17) is 9.47 Å². The number of phenolic OH excluding ortho intramolecular Hbond substituents is 2. The van der Waals surface area contributed by atoms with Gasteiger partial charge in [0.1, 0.15) is 30.5 Å². The van der Waals surface area contributed by atoms with Gasteiger partial charge in [-0.3, -0.25) is 4.90 Å². The van der Waals surface area contributed by atoms with Crippen LogP contribution in [0.3, 0.4) is 0 Å². The zero-order valence-electron chi connectivity index (χ0n) is 26.0. The highest BCUT2D eigenvalue weighted by Crippen LogP contribution is 2.41. The van der Waals surface area contributed by atoms with Gasteiger partial charge in [0, 0.05) is 22.2 Å². The molecule has 0 atom stereocenters. The number of amides is 1. The van der Waals surface area contributed by atoms with E-state index in [2.05, 4.69) is 29.2 Å². The van der Waals surface area contributed by atoms with Gasteiger partial charge in [-0.15, -0.1) is 11.3 Å². The molecule has 1 saturated carbocycles. The Bertz CT molecular complexity index is 1540. The summed E-state index contributed by atoms with van der Waals surface area (Å²) in [6, 6.07) is 21.8. The Labute approximate surface area is 270 Å². The van der Waals surface area contributed by atoms with E-state index in [-0.39, 0.29) is 17.6 Å². The number of ether oxygens (including phenoxy) is 2. The van der Waals surface area contributed by atoms with Gasteiger partial charge in [0.25, 0.3) is 0 Å². The van der Waals surface area contributed by atoms with Gasteiger partial charge < -0.3 is 24.6 Å². The van der Waals surface area contributed by atoms with Crippen LogP contribution in [0.1, 0.15) is 62.5 Å². The van der Waals surface area contributed by atoms with Crippen molar-refractivity contribution in [1.82, 2.24) is 9.80 Å². The van der Waals surface area contributed by atoms with E-state index in [9.17, 15) is 15.0 Å². The van der Waals surface area contributed by atoms with Crippen LogP contribution in [0.15, 0.2) is 66.7 Å². The van der Waals surface area contributed by atoms with Gasteiger partial charge in [0.05, 0.1) is 6.54 Å². The minimum absolute atomic E-state index is 0.0955. The predicted molar refractivity (Wildman–Crippen MR) is 181 cm³/mol. The fourth-order valence-electron chi connectivity index (χ4n) is 6.67. The SMILES string of the molecule is O=C1OCCN1C1CCCCC1.Oc1ccc(Cc2c(-c3ccc(OCCN4CCCCC4)cc3)sc3cc(O)ccc23)cc1. The van der Waals surface area contributed by atoms with Crippen LogP contribution >= 0.6 is 11.3 Å². The summed E-state index contributed by atoms with van der Waals surface area (Å²) in [5.41, 5.74) is 3.52. The van der Waals surface area contributed by atoms with Crippen molar-refractivity contribution >= 4 is 27.5 Å². The maximum atomic E-state index is 11.2. The molecular weight excluding hydrogens is 584 g/mol. The predicted octanol–water partition coefficient (Wildman–Crippen LogP) is 8.21. The molecule has 45 heavy (non-hydrogen) atoms. The molecule has 7 nitrogen and oxygen atoms in total. The van der Waals surface area contributed by atoms with Crippen LogP contribution in [0.5, 0.6) is 17.2 Å². The summed E-state index contributed by atoms with van der Waals surface area (Å²) in [6.07, 6.45) is 10.8. The van der Waals surface area contributed by atoms with Crippen LogP contribution in [-0.4, -0.2) is 71.5 Å². The number of rotatable bonds is 8. The quantitative estimate of drug-likeness (QED) is 0.205. The zero-order valence-corrected chi connectivity index (χ0v) is 26.8. The first kappa shape index (κ1) is 31.2. The monoisotopic (exact) mass is 628 g/mol. The lowest BCUT2D eigenvalue weighted by atomic mass is 9.94. The second-order valence-electron chi connectivity index (χ2n) is 12.3. The molecule has 4 aromatic rings. The van der Waals surface area contributed by atoms with E-state index in [1.807, 2.05) is 29.2 Å². The molecule has 0 bridgehead atoms. The lowest BCUT2D eigenvalue weighted by molar-refractivity contribution is 0.139. The molecule has 2 saturated heterocycles. The number of piperidine rings is 1. The number of thiophene rings is 1. The number of phenols is 2. The summed E-state index contributed by atoms with van der Waals surface area (Å²) in [5, 5.41) is 20.8. The third kappa shape index (κ3) is 8.10. The molecule has 3 aliphatic rings. The molecule has 2 aliphatic heterocycles. The van der Waals surface area contributed by atoms with Gasteiger partial charge in [-0.2, -0.15) is 0 Å². The first-order valence-electron chi connectivity index (χ1n) is 16.4. The lowest BCUT2D eigenvalue weighted by Crippen LogP contribution is -2.37. The summed E-state index contributed by atoms with van der Waals surface area (Å²) in [4.78, 5) is 16.8. The molecule has 0 unspecified atom stereocenters. The van der Waals surface area contributed by atoms with Crippen molar-refractivity contribution in [2.24, 2.45) is 0 Å². The Balaban J connectivity index is 0.000000248. The van der Waals surface area contributed by atoms with Gasteiger partial charge in [-0.25, -0.2) is 4.79 Å². The summed E-state index contributed by atoms with van der Waals surface area (Å²) < 4.78 is 12.0. The number of cyclic esters (lactones) is 1. The van der Waals surface area contributed by atoms with Crippen molar-refractivity contribution in [2.45, 2.75) is 63.8 Å². The smallest absolute Gasteiger partial charge is 0.410 e. The van der Waals surface area contributed by atoms with Crippen LogP contribution in [0, 0.1) is 0 Å². The van der Waals surface area contributed by atoms with Crippen LogP contribution < -0.4 is 4.74 Å². The van der Waals surface area contributed by atoms with E-state index >= 15 is 0 Å². The Morgan fingerprint density at radius 3 is 2.24 bits per heavy atom. The highest BCUT2D eigenvalue weighted by molar-refractivity contribution is 7.22. The maximum absolute atomic E-state index is 11.2. The number of aromatic hydroxyl groups is 2. The summed E-state index contributed by atoms with van der Waals surface area (Å²) in [7, 11) is 0. The molecule has 0 spiro atoms. The fraction of sp³-hybridized carbons (Fsp3) is 0.432. The summed E-state index contributed by atoms with van der Waals surface area (Å²) in [6.45, 7) is 5.48. The van der Waals surface area contributed by atoms with Gasteiger partial charge in [-0.05, 0) is 122 Å². The van der Waals surface area contributed by atoms with E-state index in [1.54, 1.807) is 29.5 Å². The summed E-state index contributed by atoms with van der Waals surface area (Å²) in [5.74, 6) is 1.45. The van der Waals surface area contributed by atoms with Crippen molar-refractivity contribution in [3.8, 4) is 27.7 Å². The van der Waals surface area contributed by atoms with Crippen molar-refractivity contribution < 1.29 is 24.5 Å². The second kappa shape index (κ2) is 15.0. The number of hydrogen-bond acceptors (Lipinski definition) is 7. The van der Waals surface area contributed by atoms with Gasteiger partial charge in [0.15, 0.2) is 0 Å². The topological polar surface area (TPSA) is 82.5 Å². The molecule has 3 heterocycles. The van der Waals surface area contributed by atoms with Crippen molar-refractivity contribution in [1.29, 1.82) is 0 Å². The third-order valence-electron chi connectivity index (χ3n) is 9.14. The highest BCUT2D eigenvalue weighted by Gasteiger charge is 2.30. The molecule has 1 aliphatic carbocycles. The number of nitrogens with zero attached hydrogens (tertiary/aromatic N) is 2. The average Bonchev–Trinajstić information content (AvgIpc) is 3.66. The van der Waals surface area contributed by atoms with Gasteiger partial charge in [0.2, 0.25) is 0 Å². The molecule has 238 valence electrons. The molecule has 2 N–H and O–H groups in total. The first-order chi connectivity index (χ1) is 22.0. The number of carbonyl (C=O) groups is 1. The molecule has 0 radical (unpaired) electrons. The normalized spacial score (nSPS) is 17.6. The third-order valence-corrected chi connectivity index (χ3v) is 10.4. The molecular formula is C37H44N2O5S. The molecule has 1 aromatic heterocycles. The number of likely N-dealkylation sites (tertiary alicyclic amines) is 1. The molecule has 1 amide bonds. The fourth-order valence-corrected chi connectivity index (χ4v) is 7.93. The van der Waals surface area contributed by atoms with Crippen LogP contribution in [-0.2, 0) is 11.2 Å². The van der Waals surface area contributed by atoms with Gasteiger partial charge in [-0.1, -0.05) is 37.8 Å². The van der Waals surface area contributed by atoms with E-state index in [1.165, 1.54) is 74.9 Å². The number of benzene rings is 3. The van der Waals surface area contributed by atoms with E-state index < -0.39 is 0 Å². The number of fused-ring (bicyclic) bond motifs is 1. The minimum atomic E-state index is -0.0955. The minimum Gasteiger partial charge on any atom is -0.508 e. The number of hydrogen-bond donors (Lipinski definition) is 2. The zero-order chi connectivity index (χ0) is 31.0. The lowest BCUT2D eigenvalue weighted by Gasteiger charge is -2.28. The van der Waals surface area contributed by atoms with Crippen LogP contribution in [0.25, 0.3) is 20.5 Å². The standard InChI is InChI=1S/C28H29NO3S.C9H15NO2/c30-22-8-4-20(5-9-22)18-26-25-13-10-23(31)19-27(25)33-28(26)21-6-11-24(12-7-21)32-17-16-29-14-2-1-3-15-29;11-9-10(6-7-12-9)8-4-2-1-3-5-8/h4-13,19,30-31H,1-3,14-18H2;8H,1-7H2. The number of carbonyl (C=O) groups excluding carboxylic acids is 1. The Kier molecular flexibility index (Phi) is 10.4.